The topological polar surface area (TPSA) is 228 Å². The molecule has 0 aromatic carbocycles. The van der Waals surface area contributed by atoms with Gasteiger partial charge in [-0.15, -0.1) is 0 Å². The number of hydrogen-bond donors (Lipinski definition) is 9. The SMILES string of the molecule is CC/C=C\C/C=C\C/C=C\C/C=C\C/C=C\C/C=C\CCCCCCCCCCCCC(=O)NC(COC1OC(CO)C(OC2OC(CO)C(O)C(O)C2O)C(O)C1O)C(O)CCCCCCCCCCCCCCCCCCCCCCCCCCCCCCCC. The summed E-state index contributed by atoms with van der Waals surface area (Å²) < 4.78 is 23.0. The molecule has 12 atom stereocenters. The lowest BCUT2D eigenvalue weighted by molar-refractivity contribution is -0.359. The van der Waals surface area contributed by atoms with Crippen LogP contribution in [0.1, 0.15) is 328 Å². The number of hydrogen-bond acceptors (Lipinski definition) is 13. The number of aliphatic hydroxyl groups excluding tert-OH is 8. The molecule has 2 aliphatic rings. The summed E-state index contributed by atoms with van der Waals surface area (Å²) in [6.45, 7) is 2.79. The number of carbonyl (C=O) groups is 1. The van der Waals surface area contributed by atoms with E-state index in [0.29, 0.717) is 19.3 Å². The molecule has 12 unspecified atom stereocenters. The zero-order valence-electron chi connectivity index (χ0n) is 59.2. The summed E-state index contributed by atoms with van der Waals surface area (Å²) in [7, 11) is 0. The van der Waals surface area contributed by atoms with E-state index in [9.17, 15) is 45.6 Å². The quantitative estimate of drug-likeness (QED) is 0.0204. The molecule has 0 aliphatic carbocycles. The molecular formula is C79H143NO13. The number of ether oxygens (including phenoxy) is 4. The van der Waals surface area contributed by atoms with E-state index in [1.165, 1.54) is 205 Å². The van der Waals surface area contributed by atoms with Crippen molar-refractivity contribution in [1.29, 1.82) is 0 Å². The second-order valence-corrected chi connectivity index (χ2v) is 27.1. The van der Waals surface area contributed by atoms with Gasteiger partial charge < -0.3 is 65.1 Å². The minimum atomic E-state index is -1.79. The lowest BCUT2D eigenvalue weighted by Crippen LogP contribution is -2.65. The van der Waals surface area contributed by atoms with E-state index in [1.54, 1.807) is 0 Å². The maximum absolute atomic E-state index is 13.4. The van der Waals surface area contributed by atoms with E-state index < -0.39 is 86.8 Å². The molecule has 14 nitrogen and oxygen atoms in total. The second kappa shape index (κ2) is 62.9. The Balaban J connectivity index is 1.64. The maximum atomic E-state index is 13.4. The van der Waals surface area contributed by atoms with Crippen LogP contribution in [0.25, 0.3) is 0 Å². The Morgan fingerprint density at radius 3 is 1.14 bits per heavy atom. The number of carbonyl (C=O) groups excluding carboxylic acids is 1. The predicted octanol–water partition coefficient (Wildman–Crippen LogP) is 17.0. The van der Waals surface area contributed by atoms with Crippen LogP contribution < -0.4 is 5.32 Å². The second-order valence-electron chi connectivity index (χ2n) is 27.1. The minimum Gasteiger partial charge on any atom is -0.394 e. The first-order valence-electron chi connectivity index (χ1n) is 38.7. The van der Waals surface area contributed by atoms with Crippen LogP contribution in [0, 0.1) is 0 Å². The van der Waals surface area contributed by atoms with Gasteiger partial charge in [-0.2, -0.15) is 0 Å². The Morgan fingerprint density at radius 2 is 0.742 bits per heavy atom. The van der Waals surface area contributed by atoms with Crippen LogP contribution in [0.2, 0.25) is 0 Å². The van der Waals surface area contributed by atoms with Gasteiger partial charge in [0, 0.05) is 6.42 Å². The highest BCUT2D eigenvalue weighted by molar-refractivity contribution is 5.76. The minimum absolute atomic E-state index is 0.209. The Morgan fingerprint density at radius 1 is 0.398 bits per heavy atom. The van der Waals surface area contributed by atoms with Gasteiger partial charge in [-0.05, 0) is 64.2 Å². The van der Waals surface area contributed by atoms with Crippen molar-refractivity contribution in [3.63, 3.8) is 0 Å². The van der Waals surface area contributed by atoms with Crippen LogP contribution in [0.5, 0.6) is 0 Å². The summed E-state index contributed by atoms with van der Waals surface area (Å²) in [5, 5.41) is 87.8. The predicted molar refractivity (Wildman–Crippen MR) is 383 cm³/mol. The van der Waals surface area contributed by atoms with Crippen LogP contribution in [-0.2, 0) is 23.7 Å². The van der Waals surface area contributed by atoms with Crippen LogP contribution in [-0.4, -0.2) is 140 Å². The van der Waals surface area contributed by atoms with E-state index in [0.717, 1.165) is 89.9 Å². The monoisotopic (exact) mass is 1310 g/mol. The Hall–Kier alpha value is -2.57. The molecule has 0 aromatic heterocycles. The molecule has 0 saturated carbocycles. The van der Waals surface area contributed by atoms with Crippen molar-refractivity contribution in [2.75, 3.05) is 19.8 Å². The van der Waals surface area contributed by atoms with Crippen molar-refractivity contribution in [2.45, 2.75) is 402 Å². The van der Waals surface area contributed by atoms with Gasteiger partial charge in [0.2, 0.25) is 5.91 Å². The van der Waals surface area contributed by atoms with Gasteiger partial charge in [0.05, 0.1) is 32.0 Å². The van der Waals surface area contributed by atoms with Gasteiger partial charge in [-0.1, -0.05) is 331 Å². The fourth-order valence-corrected chi connectivity index (χ4v) is 12.6. The molecule has 9 N–H and O–H groups in total. The highest BCUT2D eigenvalue weighted by atomic mass is 16.7. The summed E-state index contributed by atoms with van der Waals surface area (Å²) in [5.74, 6) is -0.209. The maximum Gasteiger partial charge on any atom is 0.220 e. The molecular weight excluding hydrogens is 1170 g/mol. The van der Waals surface area contributed by atoms with Crippen LogP contribution >= 0.6 is 0 Å². The first kappa shape index (κ1) is 86.5. The molecule has 14 heteroatoms. The number of unbranched alkanes of at least 4 members (excludes halogenated alkanes) is 39. The molecule has 0 radical (unpaired) electrons. The molecule has 2 saturated heterocycles. The van der Waals surface area contributed by atoms with Gasteiger partial charge in [-0.25, -0.2) is 0 Å². The first-order valence-corrected chi connectivity index (χ1v) is 38.7. The number of nitrogens with one attached hydrogen (secondary N) is 1. The highest BCUT2D eigenvalue weighted by Crippen LogP contribution is 2.30. The third-order valence-corrected chi connectivity index (χ3v) is 18.7. The Bertz CT molecular complexity index is 1840. The molecule has 0 bridgehead atoms. The molecule has 542 valence electrons. The van der Waals surface area contributed by atoms with Gasteiger partial charge in [0.15, 0.2) is 12.6 Å². The lowest BCUT2D eigenvalue weighted by Gasteiger charge is -2.46. The molecule has 2 aliphatic heterocycles. The fraction of sp³-hybridized carbons (Fsp3) is 0.835. The summed E-state index contributed by atoms with van der Waals surface area (Å²) in [4.78, 5) is 13.4. The van der Waals surface area contributed by atoms with Gasteiger partial charge in [0.1, 0.15) is 48.8 Å². The normalized spacial score (nSPS) is 22.9. The van der Waals surface area contributed by atoms with Crippen molar-refractivity contribution < 1.29 is 64.6 Å². The van der Waals surface area contributed by atoms with Crippen LogP contribution in [0.3, 0.4) is 0 Å². The van der Waals surface area contributed by atoms with Gasteiger partial charge in [-0.3, -0.25) is 4.79 Å². The van der Waals surface area contributed by atoms with Crippen molar-refractivity contribution >= 4 is 5.91 Å². The van der Waals surface area contributed by atoms with Crippen molar-refractivity contribution in [1.82, 2.24) is 5.32 Å². The van der Waals surface area contributed by atoms with Gasteiger partial charge >= 0.3 is 0 Å². The van der Waals surface area contributed by atoms with Crippen molar-refractivity contribution in [3.05, 3.63) is 72.9 Å². The standard InChI is InChI=1S/C79H143NO13/c1-3-5-7-9-11-13-15-17-19-21-23-25-27-29-31-33-35-36-38-40-42-44-46-48-50-52-54-56-58-60-62-68(83)67(66-90-78-76(89)74(87)77(70(65-82)92-78)93-79-75(88)73(86)72(85)69(64-81)91-79)80-71(84)63-61-59-57-55-53-51-49-47-45-43-41-39-37-34-32-30-28-26-24-22-20-18-16-14-12-10-8-6-4-2/h6,8,12,14,18,20,24,26,30,32,37,39,67-70,72-79,81-83,85-89H,3-5,7,9-11,13,15-17,19,21-23,25,27-29,31,33-36,38,40-66H2,1-2H3,(H,80,84)/b8-6-,14-12-,20-18-,26-24-,32-30-,39-37-. The Kier molecular flexibility index (Phi) is 58.5. The molecule has 2 fully saturated rings. The third-order valence-electron chi connectivity index (χ3n) is 18.7. The lowest BCUT2D eigenvalue weighted by atomic mass is 9.97. The zero-order chi connectivity index (χ0) is 67.3. The average molecular weight is 1320 g/mol. The van der Waals surface area contributed by atoms with Crippen molar-refractivity contribution in [2.24, 2.45) is 0 Å². The number of amides is 1. The third kappa shape index (κ3) is 46.4. The zero-order valence-corrected chi connectivity index (χ0v) is 59.2. The first-order chi connectivity index (χ1) is 45.6. The largest absolute Gasteiger partial charge is 0.394 e. The molecule has 93 heavy (non-hydrogen) atoms. The molecule has 1 amide bonds. The summed E-state index contributed by atoms with van der Waals surface area (Å²) in [6.07, 6.45) is 69.2. The highest BCUT2D eigenvalue weighted by Gasteiger charge is 2.51. The van der Waals surface area contributed by atoms with E-state index in [1.807, 2.05) is 0 Å². The molecule has 0 spiro atoms. The van der Waals surface area contributed by atoms with E-state index in [4.69, 9.17) is 18.9 Å². The van der Waals surface area contributed by atoms with Crippen LogP contribution in [0.4, 0.5) is 0 Å². The fourth-order valence-electron chi connectivity index (χ4n) is 12.6. The average Bonchev–Trinajstić information content (AvgIpc) is 0.854. The van der Waals surface area contributed by atoms with Crippen molar-refractivity contribution in [3.8, 4) is 0 Å². The molecule has 2 heterocycles. The van der Waals surface area contributed by atoms with E-state index >= 15 is 0 Å². The summed E-state index contributed by atoms with van der Waals surface area (Å²) >= 11 is 0. The van der Waals surface area contributed by atoms with E-state index in [-0.39, 0.29) is 12.5 Å². The number of allylic oxidation sites excluding steroid dienone is 12. The molecule has 2 rings (SSSR count). The summed E-state index contributed by atoms with van der Waals surface area (Å²) in [6, 6.07) is -0.838. The summed E-state index contributed by atoms with van der Waals surface area (Å²) in [5.41, 5.74) is 0. The van der Waals surface area contributed by atoms with Crippen LogP contribution in [0.15, 0.2) is 72.9 Å². The smallest absolute Gasteiger partial charge is 0.220 e. The Labute approximate surface area is 568 Å². The number of aliphatic hydroxyl groups is 8. The van der Waals surface area contributed by atoms with E-state index in [2.05, 4.69) is 92.1 Å². The molecule has 0 aromatic rings. The number of rotatable bonds is 64. The van der Waals surface area contributed by atoms with Gasteiger partial charge in [0.25, 0.3) is 0 Å².